The lowest BCUT2D eigenvalue weighted by Gasteiger charge is -2.13. The van der Waals surface area contributed by atoms with E-state index in [0.29, 0.717) is 6.61 Å². The second-order valence-electron chi connectivity index (χ2n) is 6.44. The minimum absolute atomic E-state index is 0.254. The van der Waals surface area contributed by atoms with Crippen LogP contribution in [-0.2, 0) is 24.4 Å². The Morgan fingerprint density at radius 2 is 1.60 bits per heavy atom. The number of guanidine groups is 1. The molecular weight excluding hydrogens is 310 g/mol. The molecular formula is C21H29N3O. The number of aryl methyl sites for hydroxylation is 1. The summed E-state index contributed by atoms with van der Waals surface area (Å²) in [7, 11) is 1.79. The van der Waals surface area contributed by atoms with Crippen molar-refractivity contribution >= 4 is 5.96 Å². The highest BCUT2D eigenvalue weighted by atomic mass is 16.5. The van der Waals surface area contributed by atoms with Crippen molar-refractivity contribution in [2.45, 2.75) is 46.6 Å². The fourth-order valence-corrected chi connectivity index (χ4v) is 2.43. The Hall–Kier alpha value is -2.33. The van der Waals surface area contributed by atoms with Crippen molar-refractivity contribution in [3.8, 4) is 0 Å². The molecule has 2 N–H and O–H groups in total. The number of nitrogens with zero attached hydrogens (tertiary/aromatic N) is 1. The molecule has 0 aliphatic carbocycles. The summed E-state index contributed by atoms with van der Waals surface area (Å²) in [6.07, 6.45) is 0.254. The first-order chi connectivity index (χ1) is 12.1. The number of nitrogens with one attached hydrogen (secondary N) is 2. The first kappa shape index (κ1) is 19.0. The molecule has 0 aliphatic heterocycles. The van der Waals surface area contributed by atoms with Crippen LogP contribution in [0.4, 0.5) is 0 Å². The van der Waals surface area contributed by atoms with E-state index in [-0.39, 0.29) is 6.10 Å². The SMILES string of the molecule is CN=C(NCc1ccc(COC(C)C)cc1)NCc1cccc(C)c1. The zero-order valence-corrected chi connectivity index (χ0v) is 15.7. The molecule has 0 spiro atoms. The number of hydrogen-bond acceptors (Lipinski definition) is 2. The average molecular weight is 339 g/mol. The molecule has 2 aromatic carbocycles. The first-order valence-corrected chi connectivity index (χ1v) is 8.76. The maximum absolute atomic E-state index is 5.62. The molecule has 4 nitrogen and oxygen atoms in total. The number of ether oxygens (including phenoxy) is 1. The van der Waals surface area contributed by atoms with Gasteiger partial charge in [-0.15, -0.1) is 0 Å². The van der Waals surface area contributed by atoms with Crippen LogP contribution in [0.15, 0.2) is 53.5 Å². The van der Waals surface area contributed by atoms with Gasteiger partial charge in [-0.3, -0.25) is 4.99 Å². The summed E-state index contributed by atoms with van der Waals surface area (Å²) in [6.45, 7) is 8.35. The van der Waals surface area contributed by atoms with Crippen LogP contribution in [0.3, 0.4) is 0 Å². The van der Waals surface area contributed by atoms with Crippen molar-refractivity contribution in [2.75, 3.05) is 7.05 Å². The van der Waals surface area contributed by atoms with E-state index in [1.54, 1.807) is 7.05 Å². The molecule has 0 radical (unpaired) electrons. The van der Waals surface area contributed by atoms with Gasteiger partial charge in [-0.25, -0.2) is 0 Å². The summed E-state index contributed by atoms with van der Waals surface area (Å²) in [4.78, 5) is 4.28. The molecule has 25 heavy (non-hydrogen) atoms. The van der Waals surface area contributed by atoms with E-state index in [4.69, 9.17) is 4.74 Å². The maximum atomic E-state index is 5.62. The number of aliphatic imine (C=N–C) groups is 1. The van der Waals surface area contributed by atoms with Crippen LogP contribution in [0.1, 0.15) is 36.1 Å². The highest BCUT2D eigenvalue weighted by Gasteiger charge is 2.01. The van der Waals surface area contributed by atoms with Gasteiger partial charge in [0.25, 0.3) is 0 Å². The fourth-order valence-electron chi connectivity index (χ4n) is 2.43. The third kappa shape index (κ3) is 6.98. The summed E-state index contributed by atoms with van der Waals surface area (Å²) in [5, 5.41) is 6.69. The first-order valence-electron chi connectivity index (χ1n) is 8.76. The van der Waals surface area contributed by atoms with Gasteiger partial charge < -0.3 is 15.4 Å². The monoisotopic (exact) mass is 339 g/mol. The maximum Gasteiger partial charge on any atom is 0.191 e. The largest absolute Gasteiger partial charge is 0.374 e. The summed E-state index contributed by atoms with van der Waals surface area (Å²) in [5.74, 6) is 0.800. The second-order valence-corrected chi connectivity index (χ2v) is 6.44. The van der Waals surface area contributed by atoms with Gasteiger partial charge in [-0.2, -0.15) is 0 Å². The van der Waals surface area contributed by atoms with E-state index in [1.807, 2.05) is 13.8 Å². The Bertz CT molecular complexity index is 678. The van der Waals surface area contributed by atoms with Crippen molar-refractivity contribution in [3.63, 3.8) is 0 Å². The van der Waals surface area contributed by atoms with E-state index < -0.39 is 0 Å². The molecule has 0 aliphatic rings. The molecule has 0 amide bonds. The Kier molecular flexibility index (Phi) is 7.48. The third-order valence-corrected chi connectivity index (χ3v) is 3.83. The number of benzene rings is 2. The summed E-state index contributed by atoms with van der Waals surface area (Å²) >= 11 is 0. The van der Waals surface area contributed by atoms with Crippen molar-refractivity contribution in [2.24, 2.45) is 4.99 Å². The van der Waals surface area contributed by atoms with Gasteiger partial charge in [-0.05, 0) is 37.5 Å². The van der Waals surface area contributed by atoms with Crippen LogP contribution >= 0.6 is 0 Å². The molecule has 0 aromatic heterocycles. The lowest BCUT2D eigenvalue weighted by molar-refractivity contribution is 0.0657. The zero-order chi connectivity index (χ0) is 18.1. The highest BCUT2D eigenvalue weighted by molar-refractivity contribution is 5.79. The molecule has 0 bridgehead atoms. The van der Waals surface area contributed by atoms with Gasteiger partial charge in [-0.1, -0.05) is 54.1 Å². The van der Waals surface area contributed by atoms with Gasteiger partial charge in [0, 0.05) is 20.1 Å². The molecule has 0 heterocycles. The van der Waals surface area contributed by atoms with E-state index in [9.17, 15) is 0 Å². The molecule has 0 fully saturated rings. The van der Waals surface area contributed by atoms with E-state index in [2.05, 4.69) is 71.1 Å². The van der Waals surface area contributed by atoms with E-state index in [0.717, 1.165) is 19.0 Å². The second kappa shape index (κ2) is 9.84. The lowest BCUT2D eigenvalue weighted by Crippen LogP contribution is -2.36. The summed E-state index contributed by atoms with van der Waals surface area (Å²) < 4.78 is 5.62. The van der Waals surface area contributed by atoms with E-state index in [1.165, 1.54) is 22.3 Å². The minimum atomic E-state index is 0.254. The van der Waals surface area contributed by atoms with Gasteiger partial charge in [0.15, 0.2) is 5.96 Å². The van der Waals surface area contributed by atoms with Crippen LogP contribution in [0.2, 0.25) is 0 Å². The van der Waals surface area contributed by atoms with Crippen LogP contribution in [-0.4, -0.2) is 19.1 Å². The topological polar surface area (TPSA) is 45.7 Å². The van der Waals surface area contributed by atoms with Crippen molar-refractivity contribution in [1.29, 1.82) is 0 Å². The molecule has 0 saturated heterocycles. The van der Waals surface area contributed by atoms with Crippen LogP contribution in [0.25, 0.3) is 0 Å². The van der Waals surface area contributed by atoms with Crippen molar-refractivity contribution in [3.05, 3.63) is 70.8 Å². The normalized spacial score (nSPS) is 11.6. The van der Waals surface area contributed by atoms with Crippen LogP contribution in [0, 0.1) is 6.92 Å². The number of rotatable bonds is 7. The predicted octanol–water partition coefficient (Wildman–Crippen LogP) is 3.79. The summed E-state index contributed by atoms with van der Waals surface area (Å²) in [5.41, 5.74) is 4.92. The number of hydrogen-bond donors (Lipinski definition) is 2. The molecule has 2 rings (SSSR count). The molecule has 0 saturated carbocycles. The van der Waals surface area contributed by atoms with Gasteiger partial charge >= 0.3 is 0 Å². The fraction of sp³-hybridized carbons (Fsp3) is 0.381. The van der Waals surface area contributed by atoms with Crippen molar-refractivity contribution < 1.29 is 4.74 Å². The van der Waals surface area contributed by atoms with Gasteiger partial charge in [0.05, 0.1) is 12.7 Å². The Morgan fingerprint density at radius 3 is 2.20 bits per heavy atom. The molecule has 0 unspecified atom stereocenters. The minimum Gasteiger partial charge on any atom is -0.374 e. The smallest absolute Gasteiger partial charge is 0.191 e. The predicted molar refractivity (Wildman–Crippen MR) is 105 cm³/mol. The van der Waals surface area contributed by atoms with Gasteiger partial charge in [0.1, 0.15) is 0 Å². The van der Waals surface area contributed by atoms with E-state index >= 15 is 0 Å². The molecule has 0 atom stereocenters. The van der Waals surface area contributed by atoms with Crippen LogP contribution < -0.4 is 10.6 Å². The lowest BCUT2D eigenvalue weighted by atomic mass is 10.1. The van der Waals surface area contributed by atoms with Crippen LogP contribution in [0.5, 0.6) is 0 Å². The zero-order valence-electron chi connectivity index (χ0n) is 15.7. The standard InChI is InChI=1S/C21H29N3O/c1-16(2)25-15-19-10-8-18(9-11-19)13-23-21(22-4)24-14-20-7-5-6-17(3)12-20/h5-12,16H,13-15H2,1-4H3,(H2,22,23,24). The molecule has 134 valence electrons. The van der Waals surface area contributed by atoms with Gasteiger partial charge in [0.2, 0.25) is 0 Å². The molecule has 2 aromatic rings. The Labute approximate surface area is 151 Å². The summed E-state index contributed by atoms with van der Waals surface area (Å²) in [6, 6.07) is 17.0. The Morgan fingerprint density at radius 1 is 0.960 bits per heavy atom. The molecule has 4 heteroatoms. The quantitative estimate of drug-likeness (QED) is 0.596. The third-order valence-electron chi connectivity index (χ3n) is 3.83. The average Bonchev–Trinajstić information content (AvgIpc) is 2.61. The van der Waals surface area contributed by atoms with Crippen molar-refractivity contribution in [1.82, 2.24) is 10.6 Å². The highest BCUT2D eigenvalue weighted by Crippen LogP contribution is 2.07. The Balaban J connectivity index is 1.80.